The number of rotatable bonds is 3. The molecule has 2 unspecified atom stereocenters. The average molecular weight is 187 g/mol. The van der Waals surface area contributed by atoms with Crippen molar-refractivity contribution in [3.05, 3.63) is 0 Å². The molecule has 1 N–H and O–H groups in total. The fourth-order valence-electron chi connectivity index (χ4n) is 1.85. The van der Waals surface area contributed by atoms with Gasteiger partial charge in [0.1, 0.15) is 0 Å². The molecule has 0 aromatic carbocycles. The number of carboxylic acid groups (broad SMARTS) is 1. The lowest BCUT2D eigenvalue weighted by molar-refractivity contribution is -0.139. The highest BCUT2D eigenvalue weighted by molar-refractivity contribution is 5.69. The van der Waals surface area contributed by atoms with Gasteiger partial charge in [0.25, 0.3) is 0 Å². The Morgan fingerprint density at radius 1 is 1.69 bits per heavy atom. The third-order valence-electron chi connectivity index (χ3n) is 2.55. The van der Waals surface area contributed by atoms with Gasteiger partial charge in [-0.2, -0.15) is 0 Å². The zero-order chi connectivity index (χ0) is 9.84. The number of hydrogen-bond donors (Lipinski definition) is 1. The van der Waals surface area contributed by atoms with Gasteiger partial charge in [0.05, 0.1) is 13.2 Å². The molecule has 0 aliphatic carbocycles. The van der Waals surface area contributed by atoms with Gasteiger partial charge >= 0.3 is 5.97 Å². The molecule has 0 saturated carbocycles. The standard InChI is InChI=1S/C9H17NO3/c1-7-6-13-4-3-8(7)10(2)5-9(11)12/h7-8H,3-6H2,1-2H3,(H,11,12). The van der Waals surface area contributed by atoms with E-state index in [-0.39, 0.29) is 6.54 Å². The number of carbonyl (C=O) groups is 1. The van der Waals surface area contributed by atoms with Crippen molar-refractivity contribution in [1.82, 2.24) is 4.90 Å². The Balaban J connectivity index is 2.43. The van der Waals surface area contributed by atoms with Crippen LogP contribution in [0.3, 0.4) is 0 Å². The van der Waals surface area contributed by atoms with Crippen molar-refractivity contribution in [2.24, 2.45) is 5.92 Å². The largest absolute Gasteiger partial charge is 0.480 e. The molecule has 1 aliphatic rings. The number of hydrogen-bond acceptors (Lipinski definition) is 3. The predicted molar refractivity (Wildman–Crippen MR) is 48.7 cm³/mol. The molecular weight excluding hydrogens is 170 g/mol. The zero-order valence-corrected chi connectivity index (χ0v) is 8.19. The fourth-order valence-corrected chi connectivity index (χ4v) is 1.85. The second-order valence-electron chi connectivity index (χ2n) is 3.72. The van der Waals surface area contributed by atoms with Crippen molar-refractivity contribution in [3.8, 4) is 0 Å². The van der Waals surface area contributed by atoms with E-state index < -0.39 is 5.97 Å². The average Bonchev–Trinajstić information content (AvgIpc) is 2.03. The highest BCUT2D eigenvalue weighted by Crippen LogP contribution is 2.18. The lowest BCUT2D eigenvalue weighted by Crippen LogP contribution is -2.44. The third kappa shape index (κ3) is 2.97. The number of ether oxygens (including phenoxy) is 1. The van der Waals surface area contributed by atoms with Crippen molar-refractivity contribution >= 4 is 5.97 Å². The van der Waals surface area contributed by atoms with Gasteiger partial charge < -0.3 is 9.84 Å². The van der Waals surface area contributed by atoms with Crippen molar-refractivity contribution in [2.45, 2.75) is 19.4 Å². The smallest absolute Gasteiger partial charge is 0.317 e. The first-order valence-electron chi connectivity index (χ1n) is 4.61. The summed E-state index contributed by atoms with van der Waals surface area (Å²) in [7, 11) is 1.86. The fraction of sp³-hybridized carbons (Fsp3) is 0.889. The lowest BCUT2D eigenvalue weighted by atomic mass is 9.96. The Bertz CT molecular complexity index is 184. The summed E-state index contributed by atoms with van der Waals surface area (Å²) in [5.74, 6) is -0.334. The van der Waals surface area contributed by atoms with Crippen LogP contribution >= 0.6 is 0 Å². The van der Waals surface area contributed by atoms with Crippen LogP contribution in [0.2, 0.25) is 0 Å². The van der Waals surface area contributed by atoms with E-state index in [0.717, 1.165) is 19.6 Å². The van der Waals surface area contributed by atoms with Crippen LogP contribution in [0, 0.1) is 5.92 Å². The highest BCUT2D eigenvalue weighted by atomic mass is 16.5. The Kier molecular flexibility index (Phi) is 3.69. The van der Waals surface area contributed by atoms with Gasteiger partial charge in [-0.05, 0) is 19.4 Å². The second kappa shape index (κ2) is 4.58. The maximum atomic E-state index is 10.5. The summed E-state index contributed by atoms with van der Waals surface area (Å²) >= 11 is 0. The van der Waals surface area contributed by atoms with Crippen LogP contribution < -0.4 is 0 Å². The van der Waals surface area contributed by atoms with Gasteiger partial charge in [0.2, 0.25) is 0 Å². The molecule has 0 aromatic heterocycles. The molecule has 1 rings (SSSR count). The molecule has 0 bridgehead atoms. The van der Waals surface area contributed by atoms with Gasteiger partial charge in [-0.25, -0.2) is 0 Å². The van der Waals surface area contributed by atoms with E-state index in [9.17, 15) is 4.79 Å². The van der Waals surface area contributed by atoms with Crippen molar-refractivity contribution in [1.29, 1.82) is 0 Å². The van der Waals surface area contributed by atoms with E-state index in [0.29, 0.717) is 12.0 Å². The zero-order valence-electron chi connectivity index (χ0n) is 8.19. The maximum absolute atomic E-state index is 10.5. The van der Waals surface area contributed by atoms with Crippen molar-refractivity contribution < 1.29 is 14.6 Å². The minimum Gasteiger partial charge on any atom is -0.480 e. The van der Waals surface area contributed by atoms with Crippen molar-refractivity contribution in [2.75, 3.05) is 26.8 Å². The number of carboxylic acids is 1. The SMILES string of the molecule is CC1COCCC1N(C)CC(=O)O. The van der Waals surface area contributed by atoms with Crippen LogP contribution in [0.25, 0.3) is 0 Å². The molecule has 4 heteroatoms. The molecule has 76 valence electrons. The molecule has 4 nitrogen and oxygen atoms in total. The first-order chi connectivity index (χ1) is 6.11. The van der Waals surface area contributed by atoms with Crippen LogP contribution in [0.15, 0.2) is 0 Å². The molecule has 0 aromatic rings. The normalized spacial score (nSPS) is 29.2. The molecule has 13 heavy (non-hydrogen) atoms. The Morgan fingerprint density at radius 2 is 2.38 bits per heavy atom. The van der Waals surface area contributed by atoms with Crippen LogP contribution in [0.1, 0.15) is 13.3 Å². The molecule has 2 atom stereocenters. The van der Waals surface area contributed by atoms with Gasteiger partial charge in [-0.3, -0.25) is 9.69 Å². The summed E-state index contributed by atoms with van der Waals surface area (Å²) < 4.78 is 5.29. The van der Waals surface area contributed by atoms with Gasteiger partial charge in [0.15, 0.2) is 0 Å². The summed E-state index contributed by atoms with van der Waals surface area (Å²) in [6.07, 6.45) is 0.935. The van der Waals surface area contributed by atoms with Gasteiger partial charge in [-0.1, -0.05) is 6.92 Å². The summed E-state index contributed by atoms with van der Waals surface area (Å²) in [4.78, 5) is 12.4. The van der Waals surface area contributed by atoms with Gasteiger partial charge in [0, 0.05) is 12.6 Å². The summed E-state index contributed by atoms with van der Waals surface area (Å²) in [6.45, 7) is 3.71. The predicted octanol–water partition coefficient (Wildman–Crippen LogP) is 0.428. The van der Waals surface area contributed by atoms with Crippen LogP contribution in [0.4, 0.5) is 0 Å². The molecule has 1 aliphatic heterocycles. The van der Waals surface area contributed by atoms with E-state index in [4.69, 9.17) is 9.84 Å². The number of aliphatic carboxylic acids is 1. The Labute approximate surface area is 78.5 Å². The lowest BCUT2D eigenvalue weighted by Gasteiger charge is -2.35. The van der Waals surface area contributed by atoms with E-state index in [1.54, 1.807) is 0 Å². The summed E-state index contributed by atoms with van der Waals surface area (Å²) in [6, 6.07) is 0.352. The molecule has 0 amide bonds. The van der Waals surface area contributed by atoms with Gasteiger partial charge in [-0.15, -0.1) is 0 Å². The molecule has 1 fully saturated rings. The topological polar surface area (TPSA) is 49.8 Å². The molecular formula is C9H17NO3. The number of nitrogens with zero attached hydrogens (tertiary/aromatic N) is 1. The molecule has 0 spiro atoms. The van der Waals surface area contributed by atoms with Crippen LogP contribution in [0.5, 0.6) is 0 Å². The number of likely N-dealkylation sites (N-methyl/N-ethyl adjacent to an activating group) is 1. The van der Waals surface area contributed by atoms with Crippen molar-refractivity contribution in [3.63, 3.8) is 0 Å². The molecule has 0 radical (unpaired) electrons. The first-order valence-corrected chi connectivity index (χ1v) is 4.61. The van der Waals surface area contributed by atoms with E-state index in [2.05, 4.69) is 6.92 Å². The second-order valence-corrected chi connectivity index (χ2v) is 3.72. The van der Waals surface area contributed by atoms with Crippen LogP contribution in [-0.4, -0.2) is 48.8 Å². The highest BCUT2D eigenvalue weighted by Gasteiger charge is 2.26. The monoisotopic (exact) mass is 187 g/mol. The van der Waals surface area contributed by atoms with E-state index in [1.807, 2.05) is 11.9 Å². The Hall–Kier alpha value is -0.610. The van der Waals surface area contributed by atoms with Crippen LogP contribution in [-0.2, 0) is 9.53 Å². The third-order valence-corrected chi connectivity index (χ3v) is 2.55. The van der Waals surface area contributed by atoms with E-state index >= 15 is 0 Å². The summed E-state index contributed by atoms with van der Waals surface area (Å²) in [5.41, 5.74) is 0. The first kappa shape index (κ1) is 10.5. The summed E-state index contributed by atoms with van der Waals surface area (Å²) in [5, 5.41) is 8.63. The van der Waals surface area contributed by atoms with E-state index in [1.165, 1.54) is 0 Å². The maximum Gasteiger partial charge on any atom is 0.317 e. The Morgan fingerprint density at radius 3 is 2.92 bits per heavy atom. The molecule has 1 saturated heterocycles. The minimum atomic E-state index is -0.763. The quantitative estimate of drug-likeness (QED) is 0.696. The minimum absolute atomic E-state index is 0.120. The molecule has 1 heterocycles.